The number of aromatic nitrogens is 5. The van der Waals surface area contributed by atoms with Crippen molar-refractivity contribution in [1.82, 2.24) is 25.3 Å². The van der Waals surface area contributed by atoms with E-state index in [1.165, 1.54) is 4.63 Å². The Kier molecular flexibility index (Phi) is 2.95. The Balaban J connectivity index is 1.78. The van der Waals surface area contributed by atoms with Gasteiger partial charge in [0.05, 0.1) is 19.1 Å². The third-order valence-corrected chi connectivity index (χ3v) is 2.92. The van der Waals surface area contributed by atoms with Crippen LogP contribution in [0.15, 0.2) is 12.1 Å². The molecule has 1 fully saturated rings. The van der Waals surface area contributed by atoms with Crippen molar-refractivity contribution in [3.63, 3.8) is 0 Å². The van der Waals surface area contributed by atoms with E-state index in [1.54, 1.807) is 6.07 Å². The van der Waals surface area contributed by atoms with Crippen molar-refractivity contribution in [2.45, 2.75) is 12.5 Å². The fourth-order valence-electron chi connectivity index (χ4n) is 2.05. The van der Waals surface area contributed by atoms with Gasteiger partial charge in [0.15, 0.2) is 11.5 Å². The molecule has 0 radical (unpaired) electrons. The second kappa shape index (κ2) is 4.76. The smallest absolute Gasteiger partial charge is 0.306 e. The van der Waals surface area contributed by atoms with Crippen LogP contribution in [0.3, 0.4) is 0 Å². The van der Waals surface area contributed by atoms with Gasteiger partial charge in [-0.25, -0.2) is 0 Å². The minimum atomic E-state index is -0.865. The molecule has 3 heterocycles. The average Bonchev–Trinajstić information content (AvgIpc) is 2.85. The molecule has 1 aliphatic heterocycles. The maximum atomic E-state index is 10.7. The number of carboxylic acids is 1. The van der Waals surface area contributed by atoms with Crippen LogP contribution in [0.4, 0.5) is 5.82 Å². The standard InChI is InChI=1S/C10H12N6O3/c17-10(18)5-7-6-15(3-4-19-7)9-2-1-8-11-13-14-16(8)12-9/h1-2,7H,3-6H2,(H,17,18). The van der Waals surface area contributed by atoms with Gasteiger partial charge >= 0.3 is 5.97 Å². The zero-order valence-corrected chi connectivity index (χ0v) is 10.0. The molecular formula is C10H12N6O3. The zero-order chi connectivity index (χ0) is 13.2. The van der Waals surface area contributed by atoms with Crippen molar-refractivity contribution < 1.29 is 14.6 Å². The first kappa shape index (κ1) is 11.8. The first-order valence-corrected chi connectivity index (χ1v) is 5.86. The third-order valence-electron chi connectivity index (χ3n) is 2.92. The van der Waals surface area contributed by atoms with E-state index in [1.807, 2.05) is 11.0 Å². The van der Waals surface area contributed by atoms with Crippen LogP contribution in [-0.4, -0.2) is 62.1 Å². The minimum Gasteiger partial charge on any atom is -0.481 e. The number of aliphatic carboxylic acids is 1. The van der Waals surface area contributed by atoms with Gasteiger partial charge in [0.1, 0.15) is 0 Å². The van der Waals surface area contributed by atoms with E-state index >= 15 is 0 Å². The summed E-state index contributed by atoms with van der Waals surface area (Å²) in [6.07, 6.45) is -0.332. The molecular weight excluding hydrogens is 252 g/mol. The van der Waals surface area contributed by atoms with Gasteiger partial charge in [-0.2, -0.15) is 0 Å². The van der Waals surface area contributed by atoms with E-state index in [-0.39, 0.29) is 12.5 Å². The highest BCUT2D eigenvalue weighted by atomic mass is 16.5. The van der Waals surface area contributed by atoms with Crippen LogP contribution in [0.5, 0.6) is 0 Å². The molecule has 1 unspecified atom stereocenters. The summed E-state index contributed by atoms with van der Waals surface area (Å²) in [6, 6.07) is 3.58. The average molecular weight is 264 g/mol. The largest absolute Gasteiger partial charge is 0.481 e. The van der Waals surface area contributed by atoms with E-state index < -0.39 is 5.97 Å². The van der Waals surface area contributed by atoms with Gasteiger partial charge in [-0.05, 0) is 22.6 Å². The van der Waals surface area contributed by atoms with Gasteiger partial charge in [-0.15, -0.1) is 14.8 Å². The van der Waals surface area contributed by atoms with Crippen LogP contribution >= 0.6 is 0 Å². The van der Waals surface area contributed by atoms with E-state index in [2.05, 4.69) is 20.6 Å². The van der Waals surface area contributed by atoms with Crippen molar-refractivity contribution in [2.24, 2.45) is 0 Å². The summed E-state index contributed by atoms with van der Waals surface area (Å²) in [6.45, 7) is 1.64. The lowest BCUT2D eigenvalue weighted by Gasteiger charge is -2.32. The molecule has 2 aromatic heterocycles. The lowest BCUT2D eigenvalue weighted by molar-refractivity contribution is -0.140. The van der Waals surface area contributed by atoms with Crippen LogP contribution in [0.1, 0.15) is 6.42 Å². The first-order valence-electron chi connectivity index (χ1n) is 5.86. The van der Waals surface area contributed by atoms with E-state index in [0.717, 1.165) is 0 Å². The molecule has 0 bridgehead atoms. The normalized spacial score (nSPS) is 19.8. The van der Waals surface area contributed by atoms with Gasteiger partial charge in [0.25, 0.3) is 0 Å². The molecule has 0 amide bonds. The molecule has 1 saturated heterocycles. The number of morpholine rings is 1. The highest BCUT2D eigenvalue weighted by Gasteiger charge is 2.23. The van der Waals surface area contributed by atoms with Gasteiger partial charge in [0, 0.05) is 13.1 Å². The third kappa shape index (κ3) is 2.45. The monoisotopic (exact) mass is 264 g/mol. The van der Waals surface area contributed by atoms with Crippen molar-refractivity contribution in [1.29, 1.82) is 0 Å². The number of hydrogen-bond acceptors (Lipinski definition) is 7. The van der Waals surface area contributed by atoms with E-state index in [4.69, 9.17) is 9.84 Å². The Morgan fingerprint density at radius 3 is 3.26 bits per heavy atom. The van der Waals surface area contributed by atoms with Crippen LogP contribution in [-0.2, 0) is 9.53 Å². The van der Waals surface area contributed by atoms with Gasteiger partial charge in [0.2, 0.25) is 0 Å². The highest BCUT2D eigenvalue weighted by Crippen LogP contribution is 2.16. The predicted molar refractivity (Wildman–Crippen MR) is 62.8 cm³/mol. The Morgan fingerprint density at radius 2 is 2.42 bits per heavy atom. The maximum absolute atomic E-state index is 10.7. The quantitative estimate of drug-likeness (QED) is 0.768. The first-order chi connectivity index (χ1) is 9.22. The molecule has 19 heavy (non-hydrogen) atoms. The number of carboxylic acid groups (broad SMARTS) is 1. The summed E-state index contributed by atoms with van der Waals surface area (Å²) in [5.74, 6) is -0.158. The van der Waals surface area contributed by atoms with E-state index in [0.29, 0.717) is 31.2 Å². The number of carbonyl (C=O) groups is 1. The Hall–Kier alpha value is -2.29. The number of rotatable bonds is 3. The van der Waals surface area contributed by atoms with Gasteiger partial charge in [-0.1, -0.05) is 0 Å². The lowest BCUT2D eigenvalue weighted by Crippen LogP contribution is -2.43. The molecule has 0 aromatic carbocycles. The summed E-state index contributed by atoms with van der Waals surface area (Å²) in [5.41, 5.74) is 0.569. The molecule has 0 spiro atoms. The Morgan fingerprint density at radius 1 is 1.53 bits per heavy atom. The molecule has 1 N–H and O–H groups in total. The summed E-state index contributed by atoms with van der Waals surface area (Å²) in [4.78, 5) is 12.7. The molecule has 0 aliphatic carbocycles. The predicted octanol–water partition coefficient (Wildman–Crippen LogP) is -0.801. The minimum absolute atomic E-state index is 0.0103. The Bertz CT molecular complexity index is 600. The van der Waals surface area contributed by atoms with Gasteiger partial charge in [-0.3, -0.25) is 4.79 Å². The fourth-order valence-corrected chi connectivity index (χ4v) is 2.05. The van der Waals surface area contributed by atoms with Crippen LogP contribution in [0.25, 0.3) is 5.65 Å². The lowest BCUT2D eigenvalue weighted by atomic mass is 10.2. The molecule has 1 aliphatic rings. The number of anilines is 1. The van der Waals surface area contributed by atoms with Crippen LogP contribution < -0.4 is 4.90 Å². The molecule has 2 aromatic rings. The fraction of sp³-hybridized carbons (Fsp3) is 0.500. The van der Waals surface area contributed by atoms with Gasteiger partial charge < -0.3 is 14.7 Å². The topological polar surface area (TPSA) is 106 Å². The molecule has 9 nitrogen and oxygen atoms in total. The second-order valence-electron chi connectivity index (χ2n) is 4.25. The maximum Gasteiger partial charge on any atom is 0.306 e. The van der Waals surface area contributed by atoms with Crippen molar-refractivity contribution in [3.05, 3.63) is 12.1 Å². The molecule has 1 atom stereocenters. The van der Waals surface area contributed by atoms with Crippen LogP contribution in [0, 0.1) is 0 Å². The number of ether oxygens (including phenoxy) is 1. The SMILES string of the molecule is O=C(O)CC1CN(c2ccc3nnnn3n2)CCO1. The number of tetrazole rings is 1. The molecule has 9 heteroatoms. The summed E-state index contributed by atoms with van der Waals surface area (Å²) < 4.78 is 6.76. The number of hydrogen-bond donors (Lipinski definition) is 1. The van der Waals surface area contributed by atoms with Crippen molar-refractivity contribution >= 4 is 17.4 Å². The van der Waals surface area contributed by atoms with E-state index in [9.17, 15) is 4.79 Å². The second-order valence-corrected chi connectivity index (χ2v) is 4.25. The summed E-state index contributed by atoms with van der Waals surface area (Å²) in [7, 11) is 0. The summed E-state index contributed by atoms with van der Waals surface area (Å²) in [5, 5.41) is 24.1. The molecule has 0 saturated carbocycles. The molecule has 100 valence electrons. The molecule has 3 rings (SSSR count). The highest BCUT2D eigenvalue weighted by molar-refractivity contribution is 5.67. The van der Waals surface area contributed by atoms with Crippen LogP contribution in [0.2, 0.25) is 0 Å². The zero-order valence-electron chi connectivity index (χ0n) is 10.0. The number of nitrogens with zero attached hydrogens (tertiary/aromatic N) is 6. The van der Waals surface area contributed by atoms with Crippen molar-refractivity contribution in [3.8, 4) is 0 Å². The number of fused-ring (bicyclic) bond motifs is 1. The van der Waals surface area contributed by atoms with Crippen molar-refractivity contribution in [2.75, 3.05) is 24.6 Å². The Labute approximate surface area is 107 Å². The summed E-state index contributed by atoms with van der Waals surface area (Å²) >= 11 is 0.